The van der Waals surface area contributed by atoms with Gasteiger partial charge in [0.25, 0.3) is 0 Å². The lowest BCUT2D eigenvalue weighted by Crippen LogP contribution is -2.05. The first kappa shape index (κ1) is 27.7. The van der Waals surface area contributed by atoms with E-state index in [1.807, 2.05) is 13.8 Å². The molecule has 33 heavy (non-hydrogen) atoms. The van der Waals surface area contributed by atoms with Gasteiger partial charge in [0.05, 0.1) is 39.0 Å². The fraction of sp³-hybridized carbons (Fsp3) is 0.308. The third kappa shape index (κ3) is 9.39. The monoisotopic (exact) mass is 461 g/mol. The first-order chi connectivity index (χ1) is 16.1. The number of benzene rings is 2. The maximum atomic E-state index is 11.3. The summed E-state index contributed by atoms with van der Waals surface area (Å²) in [5, 5.41) is 28.4. The van der Waals surface area contributed by atoms with Crippen molar-refractivity contribution in [2.45, 2.75) is 38.9 Å². The van der Waals surface area contributed by atoms with Crippen LogP contribution < -0.4 is 0 Å². The molecule has 6 nitrogen and oxygen atoms in total. The van der Waals surface area contributed by atoms with Gasteiger partial charge in [-0.05, 0) is 73.2 Å². The highest BCUT2D eigenvalue weighted by Crippen LogP contribution is 2.23. The van der Waals surface area contributed by atoms with E-state index in [4.69, 9.17) is 6.48 Å². The maximum Gasteiger partial charge on any atom is 0.337 e. The summed E-state index contributed by atoms with van der Waals surface area (Å²) in [6, 6.07) is 9.88. The molecule has 180 valence electrons. The summed E-state index contributed by atoms with van der Waals surface area (Å²) < 4.78 is 20.1. The third-order valence-electron chi connectivity index (χ3n) is 4.72. The van der Waals surface area contributed by atoms with Crippen molar-refractivity contribution in [3.63, 3.8) is 0 Å². The summed E-state index contributed by atoms with van der Waals surface area (Å²) in [5.41, 5.74) is 3.86. The number of esters is 1. The van der Waals surface area contributed by atoms with Gasteiger partial charge in [-0.15, -0.1) is 13.2 Å². The minimum absolute atomic E-state index is 0.193. The van der Waals surface area contributed by atoms with Crippen molar-refractivity contribution >= 4 is 11.9 Å². The number of rotatable bonds is 8. The topological polar surface area (TPSA) is 104 Å². The molecular weight excluding hydrogens is 427 g/mol. The van der Waals surface area contributed by atoms with Gasteiger partial charge < -0.3 is 20.1 Å². The number of alkyl halides is 1. The van der Waals surface area contributed by atoms with E-state index in [2.05, 4.69) is 17.9 Å². The minimum atomic E-state index is -1.00. The predicted octanol–water partition coefficient (Wildman–Crippen LogP) is 5.28. The highest BCUT2D eigenvalue weighted by Gasteiger charge is 2.13. The molecule has 7 heteroatoms. The molecule has 2 unspecified atom stereocenters. The second-order valence-electron chi connectivity index (χ2n) is 7.02. The number of carboxylic acid groups (broad SMARTS) is 1. The van der Waals surface area contributed by atoms with Crippen LogP contribution in [0.1, 0.15) is 69.4 Å². The Morgan fingerprint density at radius 3 is 1.76 bits per heavy atom. The number of carbonyl (C=O) groups is 2. The van der Waals surface area contributed by atoms with Crippen LogP contribution in [0, 0.1) is 13.8 Å². The Morgan fingerprint density at radius 2 is 1.39 bits per heavy atom. The van der Waals surface area contributed by atoms with Crippen LogP contribution in [0.5, 0.6) is 0 Å². The zero-order valence-corrected chi connectivity index (χ0v) is 19.3. The van der Waals surface area contributed by atoms with Gasteiger partial charge in [-0.1, -0.05) is 24.3 Å². The van der Waals surface area contributed by atoms with E-state index in [1.165, 1.54) is 19.2 Å². The molecule has 2 atom stereocenters. The van der Waals surface area contributed by atoms with Crippen molar-refractivity contribution in [2.24, 2.45) is 0 Å². The van der Waals surface area contributed by atoms with Crippen LogP contribution in [0.3, 0.4) is 0 Å². The molecule has 2 rings (SSSR count). The smallest absolute Gasteiger partial charge is 0.337 e. The number of aliphatic hydroxyl groups is 2. The van der Waals surface area contributed by atoms with E-state index in [1.54, 1.807) is 36.4 Å². The fourth-order valence-electron chi connectivity index (χ4n) is 2.95. The quantitative estimate of drug-likeness (QED) is 0.365. The van der Waals surface area contributed by atoms with Crippen LogP contribution in [0.25, 0.3) is 0 Å². The van der Waals surface area contributed by atoms with E-state index in [0.29, 0.717) is 24.0 Å². The molecule has 0 radical (unpaired) electrons. The minimum Gasteiger partial charge on any atom is -0.478 e. The van der Waals surface area contributed by atoms with E-state index in [-0.39, 0.29) is 5.56 Å². The van der Waals surface area contributed by atoms with Crippen LogP contribution in [-0.4, -0.2) is 41.5 Å². The zero-order valence-electron chi connectivity index (χ0n) is 20.3. The van der Waals surface area contributed by atoms with Crippen LogP contribution in [-0.2, 0) is 4.74 Å². The van der Waals surface area contributed by atoms with Gasteiger partial charge in [0, 0.05) is 0 Å². The number of halogens is 1. The van der Waals surface area contributed by atoms with Gasteiger partial charge in [-0.25, -0.2) is 9.59 Å². The Kier molecular flexibility index (Phi) is 13.0. The van der Waals surface area contributed by atoms with Crippen LogP contribution in [0.2, 0.25) is 0 Å². The number of hydrogen-bond acceptors (Lipinski definition) is 5. The lowest BCUT2D eigenvalue weighted by molar-refractivity contribution is 0.0599. The summed E-state index contributed by atoms with van der Waals surface area (Å²) in [5.74, 6) is -1.38. The molecule has 0 aliphatic rings. The van der Waals surface area contributed by atoms with E-state index < -0.39 is 31.3 Å². The normalized spacial score (nSPS) is 11.9. The van der Waals surface area contributed by atoms with Gasteiger partial charge in [-0.3, -0.25) is 4.39 Å². The lowest BCUT2D eigenvalue weighted by Gasteiger charge is -2.13. The van der Waals surface area contributed by atoms with Gasteiger partial charge in [0.15, 0.2) is 0 Å². The largest absolute Gasteiger partial charge is 0.478 e. The van der Waals surface area contributed by atoms with Gasteiger partial charge in [-0.2, -0.15) is 0 Å². The molecule has 0 fully saturated rings. The number of aryl methyl sites for hydroxylation is 2. The Bertz CT molecular complexity index is 960. The molecule has 0 aliphatic heterocycles. The van der Waals surface area contributed by atoms with E-state index in [9.17, 15) is 24.2 Å². The van der Waals surface area contributed by atoms with Gasteiger partial charge >= 0.3 is 11.9 Å². The highest BCUT2D eigenvalue weighted by molar-refractivity contribution is 5.89. The molecule has 0 saturated carbocycles. The van der Waals surface area contributed by atoms with Crippen LogP contribution in [0.4, 0.5) is 4.39 Å². The fourth-order valence-corrected chi connectivity index (χ4v) is 2.95. The molecule has 0 bridgehead atoms. The Labute approximate surface area is 196 Å². The number of ether oxygens (including phenoxy) is 1. The lowest BCUT2D eigenvalue weighted by atomic mass is 9.98. The van der Waals surface area contributed by atoms with Crippen molar-refractivity contribution < 1.29 is 35.4 Å². The standard InChI is InChI=1S/C13H16O3.C12H14O3.CH3F/c1-4-5-12(14)11-8-10(13(15)16-3)7-6-9(11)2;1-3-4-11(13)10-7-9(12(14)15)6-5-8(10)2;1-2/h4,6-8,12,14H,1,5H2,2-3H3;3,5-7,11,13H,1,4H2,2H3,(H,14,15);1H3/i;;1D. The summed E-state index contributed by atoms with van der Waals surface area (Å²) in [6.45, 7) is 10.8. The summed E-state index contributed by atoms with van der Waals surface area (Å²) in [7, 11) is 0.335. The van der Waals surface area contributed by atoms with Crippen molar-refractivity contribution in [1.82, 2.24) is 0 Å². The van der Waals surface area contributed by atoms with Gasteiger partial charge in [0.2, 0.25) is 0 Å². The van der Waals surface area contributed by atoms with Crippen LogP contribution >= 0.6 is 0 Å². The molecule has 0 saturated heterocycles. The summed E-state index contributed by atoms with van der Waals surface area (Å²) >= 11 is 0. The van der Waals surface area contributed by atoms with Crippen LogP contribution in [0.15, 0.2) is 61.7 Å². The molecule has 0 spiro atoms. The predicted molar refractivity (Wildman–Crippen MR) is 127 cm³/mol. The van der Waals surface area contributed by atoms with Crippen molar-refractivity contribution in [2.75, 3.05) is 14.3 Å². The number of aromatic carboxylic acids is 1. The molecule has 2 aromatic carbocycles. The Hall–Kier alpha value is -3.29. The average molecular weight is 462 g/mol. The molecule has 0 amide bonds. The Balaban J connectivity index is 0.000000575. The van der Waals surface area contributed by atoms with Crippen molar-refractivity contribution in [3.05, 3.63) is 95.1 Å². The number of carbonyl (C=O) groups excluding carboxylic acids is 1. The number of methoxy groups -OCH3 is 1. The maximum absolute atomic E-state index is 11.3. The summed E-state index contributed by atoms with van der Waals surface area (Å²) in [6.07, 6.45) is 2.84. The van der Waals surface area contributed by atoms with Crippen molar-refractivity contribution in [1.29, 1.82) is 0 Å². The molecule has 2 aromatic rings. The highest BCUT2D eigenvalue weighted by atomic mass is 19.1. The number of hydrogen-bond donors (Lipinski definition) is 3. The second-order valence-corrected chi connectivity index (χ2v) is 7.02. The first-order valence-electron chi connectivity index (χ1n) is 10.7. The zero-order chi connectivity index (χ0) is 26.3. The number of aliphatic hydroxyl groups excluding tert-OH is 2. The van der Waals surface area contributed by atoms with E-state index >= 15 is 0 Å². The van der Waals surface area contributed by atoms with Gasteiger partial charge in [0.1, 0.15) is 0 Å². The van der Waals surface area contributed by atoms with Crippen molar-refractivity contribution in [3.8, 4) is 0 Å². The first-order valence-corrected chi connectivity index (χ1v) is 10.0. The SMILES string of the molecule is C=CCC(O)c1cc(C(=O)O)ccc1C.C=CCC(O)c1cc(C(=O)OC)ccc1C.[2H]CF. The molecule has 0 aromatic heterocycles. The number of carboxylic acids is 1. The molecule has 3 N–H and O–H groups in total. The van der Waals surface area contributed by atoms with E-state index in [0.717, 1.165) is 16.7 Å². The third-order valence-corrected chi connectivity index (χ3v) is 4.72. The molecule has 0 heterocycles. The Morgan fingerprint density at radius 1 is 1.00 bits per heavy atom. The molecular formula is C26H33FO6. The average Bonchev–Trinajstić information content (AvgIpc) is 2.80. The second kappa shape index (κ2) is 15.5. The molecule has 0 aliphatic carbocycles. The summed E-state index contributed by atoms with van der Waals surface area (Å²) in [4.78, 5) is 22.1.